The van der Waals surface area contributed by atoms with Crippen LogP contribution >= 0.6 is 0 Å². The van der Waals surface area contributed by atoms with E-state index in [1.54, 1.807) is 47.4 Å². The molecule has 1 atom stereocenters. The maximum atomic E-state index is 14.1. The lowest BCUT2D eigenvalue weighted by Crippen LogP contribution is -2.39. The van der Waals surface area contributed by atoms with Gasteiger partial charge in [-0.2, -0.15) is 0 Å². The minimum atomic E-state index is -0.358. The number of ether oxygens (including phenoxy) is 1. The molecule has 1 aliphatic carbocycles. The summed E-state index contributed by atoms with van der Waals surface area (Å²) < 4.78 is 19.7. The van der Waals surface area contributed by atoms with Gasteiger partial charge in [-0.25, -0.2) is 4.39 Å². The van der Waals surface area contributed by atoms with Crippen LogP contribution in [0.2, 0.25) is 0 Å². The normalized spacial score (nSPS) is 14.6. The minimum absolute atomic E-state index is 0.0606. The summed E-state index contributed by atoms with van der Waals surface area (Å²) >= 11 is 0. The molecule has 0 heterocycles. The summed E-state index contributed by atoms with van der Waals surface area (Å²) in [7, 11) is 0. The monoisotopic (exact) mass is 355 g/mol. The van der Waals surface area contributed by atoms with Crippen LogP contribution in [0.1, 0.15) is 48.7 Å². The molecule has 0 aliphatic heterocycles. The first-order chi connectivity index (χ1) is 12.5. The molecule has 0 radical (unpaired) electrons. The lowest BCUT2D eigenvalue weighted by atomic mass is 10.1. The van der Waals surface area contributed by atoms with Crippen LogP contribution in [0.25, 0.3) is 0 Å². The van der Waals surface area contributed by atoms with Crippen molar-refractivity contribution in [2.45, 2.75) is 38.8 Å². The number of hydrogen-bond acceptors (Lipinski definition) is 3. The van der Waals surface area contributed by atoms with Crippen LogP contribution in [-0.2, 0) is 4.79 Å². The summed E-state index contributed by atoms with van der Waals surface area (Å²) in [6.07, 6.45) is 1.84. The van der Waals surface area contributed by atoms with E-state index in [9.17, 15) is 14.0 Å². The summed E-state index contributed by atoms with van der Waals surface area (Å²) in [5.41, 5.74) is 1.04. The molecule has 26 heavy (non-hydrogen) atoms. The van der Waals surface area contributed by atoms with Gasteiger partial charge in [-0.15, -0.1) is 0 Å². The van der Waals surface area contributed by atoms with Crippen molar-refractivity contribution in [1.82, 2.24) is 4.90 Å². The SMILES string of the molecule is CC(=O)c1cccc(OCC(=O)N(C2CC2)C(C)c2ccccc2F)c1. The van der Waals surface area contributed by atoms with E-state index in [1.807, 2.05) is 6.92 Å². The standard InChI is InChI=1S/C21H22FNO3/c1-14(19-8-3-4-9-20(19)22)23(17-10-11-17)21(25)13-26-18-7-5-6-16(12-18)15(2)24/h3-9,12,14,17H,10-11,13H2,1-2H3. The summed E-state index contributed by atoms with van der Waals surface area (Å²) in [6, 6.07) is 13.1. The van der Waals surface area contributed by atoms with E-state index in [2.05, 4.69) is 0 Å². The Morgan fingerprint density at radius 1 is 1.19 bits per heavy atom. The van der Waals surface area contributed by atoms with Crippen LogP contribution < -0.4 is 4.74 Å². The van der Waals surface area contributed by atoms with E-state index < -0.39 is 0 Å². The highest BCUT2D eigenvalue weighted by molar-refractivity contribution is 5.94. The Morgan fingerprint density at radius 3 is 2.58 bits per heavy atom. The van der Waals surface area contributed by atoms with E-state index in [1.165, 1.54) is 13.0 Å². The zero-order chi connectivity index (χ0) is 18.7. The van der Waals surface area contributed by atoms with E-state index in [-0.39, 0.29) is 36.2 Å². The maximum absolute atomic E-state index is 14.1. The van der Waals surface area contributed by atoms with Crippen molar-refractivity contribution in [2.24, 2.45) is 0 Å². The summed E-state index contributed by atoms with van der Waals surface area (Å²) in [5, 5.41) is 0. The van der Waals surface area contributed by atoms with Crippen LogP contribution in [0.15, 0.2) is 48.5 Å². The molecule has 136 valence electrons. The molecule has 1 fully saturated rings. The predicted molar refractivity (Wildman–Crippen MR) is 96.6 cm³/mol. The second-order valence-corrected chi connectivity index (χ2v) is 6.60. The number of halogens is 1. The van der Waals surface area contributed by atoms with E-state index in [0.29, 0.717) is 16.9 Å². The van der Waals surface area contributed by atoms with Crippen LogP contribution in [0, 0.1) is 5.82 Å². The van der Waals surface area contributed by atoms with Crippen LogP contribution in [-0.4, -0.2) is 29.2 Å². The summed E-state index contributed by atoms with van der Waals surface area (Å²) in [4.78, 5) is 25.9. The molecular weight excluding hydrogens is 333 g/mol. The number of ketones is 1. The van der Waals surface area contributed by atoms with Gasteiger partial charge in [-0.05, 0) is 44.9 Å². The van der Waals surface area contributed by atoms with E-state index in [0.717, 1.165) is 12.8 Å². The second-order valence-electron chi connectivity index (χ2n) is 6.60. The van der Waals surface area contributed by atoms with Crippen LogP contribution in [0.5, 0.6) is 5.75 Å². The molecule has 0 N–H and O–H groups in total. The number of benzene rings is 2. The Bertz CT molecular complexity index is 816. The number of rotatable bonds is 7. The van der Waals surface area contributed by atoms with Crippen LogP contribution in [0.4, 0.5) is 4.39 Å². The molecule has 1 aliphatic rings. The first-order valence-corrected chi connectivity index (χ1v) is 8.76. The largest absolute Gasteiger partial charge is 0.484 e. The van der Waals surface area contributed by atoms with Crippen molar-refractivity contribution in [3.63, 3.8) is 0 Å². The number of carbonyl (C=O) groups is 2. The molecule has 0 saturated heterocycles. The molecule has 0 spiro atoms. The van der Waals surface area contributed by atoms with Crippen molar-refractivity contribution < 1.29 is 18.7 Å². The highest BCUT2D eigenvalue weighted by atomic mass is 19.1. The highest BCUT2D eigenvalue weighted by Gasteiger charge is 2.37. The zero-order valence-electron chi connectivity index (χ0n) is 14.9. The number of Topliss-reactive ketones (excluding diaryl/α,β-unsaturated/α-hetero) is 1. The van der Waals surface area contributed by atoms with Gasteiger partial charge in [0.05, 0.1) is 6.04 Å². The van der Waals surface area contributed by atoms with Crippen molar-refractivity contribution >= 4 is 11.7 Å². The van der Waals surface area contributed by atoms with Gasteiger partial charge < -0.3 is 9.64 Å². The zero-order valence-corrected chi connectivity index (χ0v) is 14.9. The molecule has 4 nitrogen and oxygen atoms in total. The molecule has 5 heteroatoms. The highest BCUT2D eigenvalue weighted by Crippen LogP contribution is 2.35. The topological polar surface area (TPSA) is 46.6 Å². The lowest BCUT2D eigenvalue weighted by Gasteiger charge is -2.30. The number of amides is 1. The Morgan fingerprint density at radius 2 is 1.92 bits per heavy atom. The van der Waals surface area contributed by atoms with Gasteiger partial charge in [0, 0.05) is 17.2 Å². The summed E-state index contributed by atoms with van der Waals surface area (Å²) in [5.74, 6) is -0.0834. The quantitative estimate of drug-likeness (QED) is 0.701. The van der Waals surface area contributed by atoms with Crippen molar-refractivity contribution in [3.8, 4) is 5.75 Å². The average Bonchev–Trinajstić information content (AvgIpc) is 3.45. The fourth-order valence-corrected chi connectivity index (χ4v) is 3.08. The fraction of sp³-hybridized carbons (Fsp3) is 0.333. The minimum Gasteiger partial charge on any atom is -0.484 e. The maximum Gasteiger partial charge on any atom is 0.261 e. The predicted octanol–water partition coefficient (Wildman–Crippen LogP) is 4.16. The molecule has 3 rings (SSSR count). The summed E-state index contributed by atoms with van der Waals surface area (Å²) in [6.45, 7) is 3.18. The molecular formula is C21H22FNO3. The number of nitrogens with zero attached hydrogens (tertiary/aromatic N) is 1. The first kappa shape index (κ1) is 18.1. The first-order valence-electron chi connectivity index (χ1n) is 8.76. The fourth-order valence-electron chi connectivity index (χ4n) is 3.08. The number of carbonyl (C=O) groups excluding carboxylic acids is 2. The Kier molecular flexibility index (Phi) is 5.35. The van der Waals surface area contributed by atoms with Gasteiger partial charge >= 0.3 is 0 Å². The van der Waals surface area contributed by atoms with Gasteiger partial charge in [-0.3, -0.25) is 9.59 Å². The van der Waals surface area contributed by atoms with Gasteiger partial charge in [0.25, 0.3) is 5.91 Å². The van der Waals surface area contributed by atoms with Gasteiger partial charge in [0.15, 0.2) is 12.4 Å². The molecule has 2 aromatic rings. The molecule has 1 unspecified atom stereocenters. The van der Waals surface area contributed by atoms with Gasteiger partial charge in [-0.1, -0.05) is 30.3 Å². The Balaban J connectivity index is 1.71. The molecule has 0 aromatic heterocycles. The van der Waals surface area contributed by atoms with E-state index in [4.69, 9.17) is 4.74 Å². The third-order valence-electron chi connectivity index (χ3n) is 4.60. The second kappa shape index (κ2) is 7.68. The average molecular weight is 355 g/mol. The van der Waals surface area contributed by atoms with Crippen molar-refractivity contribution in [1.29, 1.82) is 0 Å². The van der Waals surface area contributed by atoms with Gasteiger partial charge in [0.2, 0.25) is 0 Å². The van der Waals surface area contributed by atoms with E-state index >= 15 is 0 Å². The molecule has 0 bridgehead atoms. The Hall–Kier alpha value is -2.69. The third-order valence-corrected chi connectivity index (χ3v) is 4.60. The third kappa shape index (κ3) is 4.10. The molecule has 1 saturated carbocycles. The van der Waals surface area contributed by atoms with Crippen molar-refractivity contribution in [3.05, 3.63) is 65.5 Å². The lowest BCUT2D eigenvalue weighted by molar-refractivity contribution is -0.136. The smallest absolute Gasteiger partial charge is 0.261 e. The number of hydrogen-bond donors (Lipinski definition) is 0. The van der Waals surface area contributed by atoms with Gasteiger partial charge in [0.1, 0.15) is 11.6 Å². The van der Waals surface area contributed by atoms with Crippen molar-refractivity contribution in [2.75, 3.05) is 6.61 Å². The molecule has 2 aromatic carbocycles. The van der Waals surface area contributed by atoms with Crippen LogP contribution in [0.3, 0.4) is 0 Å². The Labute approximate surface area is 152 Å². The molecule has 1 amide bonds.